The van der Waals surface area contributed by atoms with E-state index >= 15 is 0 Å². The molecule has 1 amide bonds. The number of nitrogens with one attached hydrogen (secondary N) is 1. The zero-order valence-electron chi connectivity index (χ0n) is 15.4. The Kier molecular flexibility index (Phi) is 4.78. The van der Waals surface area contributed by atoms with Crippen LogP contribution in [-0.2, 0) is 21.3 Å². The van der Waals surface area contributed by atoms with E-state index in [1.165, 1.54) is 0 Å². The van der Waals surface area contributed by atoms with Gasteiger partial charge in [0.25, 0.3) is 5.91 Å². The predicted octanol–water partition coefficient (Wildman–Crippen LogP) is 3.77. The van der Waals surface area contributed by atoms with Gasteiger partial charge in [0, 0.05) is 9.13 Å². The van der Waals surface area contributed by atoms with Crippen LogP contribution in [0.4, 0.5) is 5.82 Å². The molecule has 144 valence electrons. The zero-order valence-corrected chi connectivity index (χ0v) is 18.3. The lowest BCUT2D eigenvalue weighted by atomic mass is 10.1. The Balaban J connectivity index is 1.82. The van der Waals surface area contributed by atoms with E-state index in [9.17, 15) is 13.2 Å². The van der Waals surface area contributed by atoms with Crippen LogP contribution in [0.2, 0.25) is 0 Å². The van der Waals surface area contributed by atoms with Gasteiger partial charge in [-0.15, -0.1) is 0 Å². The van der Waals surface area contributed by atoms with Crippen LogP contribution in [-0.4, -0.2) is 24.1 Å². The molecule has 0 saturated carbocycles. The number of nitrogens with zero attached hydrogens (tertiary/aromatic N) is 2. The molecular weight excluding hydrogens is 489 g/mol. The Labute approximate surface area is 177 Å². The van der Waals surface area contributed by atoms with E-state index in [-0.39, 0.29) is 17.4 Å². The Morgan fingerprint density at radius 3 is 2.57 bits per heavy atom. The molecule has 1 aliphatic rings. The summed E-state index contributed by atoms with van der Waals surface area (Å²) in [6.45, 7) is 4.03. The maximum atomic E-state index is 12.9. The van der Waals surface area contributed by atoms with Crippen LogP contribution in [0.3, 0.4) is 0 Å². The van der Waals surface area contributed by atoms with E-state index < -0.39 is 9.84 Å². The summed E-state index contributed by atoms with van der Waals surface area (Å²) in [7, 11) is -3.24. The number of sulfone groups is 1. The summed E-state index contributed by atoms with van der Waals surface area (Å²) in [5, 5.41) is 7.43. The number of hydrogen-bond donors (Lipinski definition) is 1. The van der Waals surface area contributed by atoms with Crippen molar-refractivity contribution in [2.45, 2.75) is 25.4 Å². The van der Waals surface area contributed by atoms with Gasteiger partial charge in [-0.2, -0.15) is 5.10 Å². The van der Waals surface area contributed by atoms with Crippen LogP contribution in [0, 0.1) is 17.4 Å². The van der Waals surface area contributed by atoms with Gasteiger partial charge in [-0.05, 0) is 71.8 Å². The fourth-order valence-corrected chi connectivity index (χ4v) is 5.36. The van der Waals surface area contributed by atoms with E-state index in [1.807, 2.05) is 44.2 Å². The van der Waals surface area contributed by atoms with Gasteiger partial charge in [0.2, 0.25) is 0 Å². The molecule has 0 spiro atoms. The first-order valence-electron chi connectivity index (χ1n) is 8.70. The summed E-state index contributed by atoms with van der Waals surface area (Å²) in [5.74, 6) is -0.0910. The van der Waals surface area contributed by atoms with Crippen molar-refractivity contribution >= 4 is 44.2 Å². The van der Waals surface area contributed by atoms with Crippen LogP contribution in [0.1, 0.15) is 32.7 Å². The van der Waals surface area contributed by atoms with E-state index in [0.29, 0.717) is 22.6 Å². The zero-order chi connectivity index (χ0) is 20.1. The smallest absolute Gasteiger partial charge is 0.257 e. The van der Waals surface area contributed by atoms with Gasteiger partial charge in [-0.25, -0.2) is 13.1 Å². The molecule has 0 unspecified atom stereocenters. The normalized spacial score (nSPS) is 14.7. The second-order valence-corrected chi connectivity index (χ2v) is 10.1. The Bertz CT molecular complexity index is 1220. The van der Waals surface area contributed by atoms with Gasteiger partial charge in [-0.3, -0.25) is 4.79 Å². The number of aryl methyl sites for hydroxylation is 2. The second-order valence-electron chi connectivity index (χ2n) is 6.92. The highest BCUT2D eigenvalue weighted by atomic mass is 127. The van der Waals surface area contributed by atoms with Crippen LogP contribution in [0.25, 0.3) is 5.69 Å². The number of rotatable bonds is 3. The number of benzene rings is 2. The summed E-state index contributed by atoms with van der Waals surface area (Å²) >= 11 is 2.11. The highest BCUT2D eigenvalue weighted by molar-refractivity contribution is 14.1. The maximum Gasteiger partial charge on any atom is 0.257 e. The van der Waals surface area contributed by atoms with Crippen LogP contribution in [0.5, 0.6) is 0 Å². The third-order valence-corrected chi connectivity index (χ3v) is 7.26. The van der Waals surface area contributed by atoms with Gasteiger partial charge in [0.05, 0.1) is 28.5 Å². The minimum Gasteiger partial charge on any atom is -0.306 e. The lowest BCUT2D eigenvalue weighted by Gasteiger charge is -2.13. The van der Waals surface area contributed by atoms with Gasteiger partial charge < -0.3 is 5.32 Å². The van der Waals surface area contributed by atoms with Crippen molar-refractivity contribution in [1.82, 2.24) is 9.78 Å². The summed E-state index contributed by atoms with van der Waals surface area (Å²) < 4.78 is 26.6. The number of fused-ring (bicyclic) bond motifs is 1. The SMILES string of the molecule is Cc1ccc(-n2nc3c(c2NC(=O)c2ccccc2I)CS(=O)(=O)C3)cc1C. The molecule has 6 nitrogen and oxygen atoms in total. The summed E-state index contributed by atoms with van der Waals surface area (Å²) in [6.07, 6.45) is 0. The largest absolute Gasteiger partial charge is 0.306 e. The highest BCUT2D eigenvalue weighted by Gasteiger charge is 2.33. The number of aromatic nitrogens is 2. The fraction of sp³-hybridized carbons (Fsp3) is 0.200. The molecular formula is C20H18IN3O3S. The van der Waals surface area contributed by atoms with Crippen LogP contribution in [0.15, 0.2) is 42.5 Å². The molecule has 1 aliphatic heterocycles. The minimum absolute atomic E-state index is 0.105. The molecule has 1 aromatic heterocycles. The van der Waals surface area contributed by atoms with Crippen LogP contribution < -0.4 is 5.32 Å². The van der Waals surface area contributed by atoms with Gasteiger partial charge >= 0.3 is 0 Å². The quantitative estimate of drug-likeness (QED) is 0.548. The van der Waals surface area contributed by atoms with E-state index in [1.54, 1.807) is 16.8 Å². The molecule has 0 fully saturated rings. The van der Waals surface area contributed by atoms with Crippen molar-refractivity contribution in [3.63, 3.8) is 0 Å². The second kappa shape index (κ2) is 7.00. The van der Waals surface area contributed by atoms with Gasteiger partial charge in [0.1, 0.15) is 5.82 Å². The average molecular weight is 507 g/mol. The molecule has 2 aromatic carbocycles. The number of amides is 1. The number of hydrogen-bond acceptors (Lipinski definition) is 4. The van der Waals surface area contributed by atoms with E-state index in [2.05, 4.69) is 33.0 Å². The minimum atomic E-state index is -3.24. The molecule has 0 bridgehead atoms. The van der Waals surface area contributed by atoms with Crippen molar-refractivity contribution in [2.24, 2.45) is 0 Å². The molecule has 4 rings (SSSR count). The molecule has 1 N–H and O–H groups in total. The summed E-state index contributed by atoms with van der Waals surface area (Å²) in [4.78, 5) is 12.9. The van der Waals surface area contributed by atoms with E-state index in [4.69, 9.17) is 0 Å². The molecule has 0 radical (unpaired) electrons. The van der Waals surface area contributed by atoms with Crippen molar-refractivity contribution in [3.8, 4) is 5.69 Å². The third-order valence-electron chi connectivity index (χ3n) is 4.87. The first kappa shape index (κ1) is 19.1. The lowest BCUT2D eigenvalue weighted by Crippen LogP contribution is -2.18. The predicted molar refractivity (Wildman–Crippen MR) is 116 cm³/mol. The number of carbonyl (C=O) groups excluding carboxylic acids is 1. The van der Waals surface area contributed by atoms with Crippen molar-refractivity contribution in [2.75, 3.05) is 5.32 Å². The van der Waals surface area contributed by atoms with Gasteiger partial charge in [0.15, 0.2) is 9.84 Å². The van der Waals surface area contributed by atoms with Crippen LogP contribution >= 0.6 is 22.6 Å². The Hall–Kier alpha value is -2.20. The van der Waals surface area contributed by atoms with E-state index in [0.717, 1.165) is 20.4 Å². The average Bonchev–Trinajstić information content (AvgIpc) is 3.10. The molecule has 2 heterocycles. The van der Waals surface area contributed by atoms with Gasteiger partial charge in [-0.1, -0.05) is 18.2 Å². The lowest BCUT2D eigenvalue weighted by molar-refractivity contribution is 0.102. The van der Waals surface area contributed by atoms with Crippen molar-refractivity contribution in [3.05, 3.63) is 74.0 Å². The first-order chi connectivity index (χ1) is 13.2. The number of halogens is 1. The standard InChI is InChI=1S/C20H18IN3O3S/c1-12-7-8-14(9-13(12)2)24-19(16-10-28(26,27)11-18(16)23-24)22-20(25)15-5-3-4-6-17(15)21/h3-9H,10-11H2,1-2H3,(H,22,25). The molecule has 8 heteroatoms. The first-order valence-corrected chi connectivity index (χ1v) is 11.6. The topological polar surface area (TPSA) is 81.1 Å². The summed E-state index contributed by atoms with van der Waals surface area (Å²) in [5.41, 5.74) is 4.62. The molecule has 3 aromatic rings. The Morgan fingerprint density at radius 2 is 1.86 bits per heavy atom. The molecule has 0 saturated heterocycles. The molecule has 0 aliphatic carbocycles. The van der Waals surface area contributed by atoms with Crippen molar-refractivity contribution in [1.29, 1.82) is 0 Å². The molecule has 28 heavy (non-hydrogen) atoms. The number of carbonyl (C=O) groups is 1. The Morgan fingerprint density at radius 1 is 1.11 bits per heavy atom. The maximum absolute atomic E-state index is 12.9. The fourth-order valence-electron chi connectivity index (χ4n) is 3.24. The molecule has 0 atom stereocenters. The number of anilines is 1. The summed E-state index contributed by atoms with van der Waals surface area (Å²) in [6, 6.07) is 13.1. The monoisotopic (exact) mass is 507 g/mol. The third kappa shape index (κ3) is 3.46. The van der Waals surface area contributed by atoms with Crippen molar-refractivity contribution < 1.29 is 13.2 Å². The highest BCUT2D eigenvalue weighted by Crippen LogP contribution is 2.33.